The normalized spacial score (nSPS) is 18.7. The van der Waals surface area contributed by atoms with E-state index in [1.807, 2.05) is 6.07 Å². The Balaban J connectivity index is 2.45. The summed E-state index contributed by atoms with van der Waals surface area (Å²) in [6.07, 6.45) is 4.53. The van der Waals surface area contributed by atoms with Gasteiger partial charge in [-0.25, -0.2) is 4.39 Å². The zero-order valence-electron chi connectivity index (χ0n) is 9.63. The minimum Gasteiger partial charge on any atom is -0.496 e. The SMILES string of the molecule is COc1cc(F)ccc1C1(CN)CCCC1. The van der Waals surface area contributed by atoms with Crippen LogP contribution in [0, 0.1) is 5.82 Å². The number of rotatable bonds is 3. The van der Waals surface area contributed by atoms with Crippen molar-refractivity contribution in [3.8, 4) is 5.75 Å². The first-order valence-electron chi connectivity index (χ1n) is 5.76. The lowest BCUT2D eigenvalue weighted by Gasteiger charge is -2.29. The van der Waals surface area contributed by atoms with Crippen molar-refractivity contribution in [2.75, 3.05) is 13.7 Å². The lowest BCUT2D eigenvalue weighted by Crippen LogP contribution is -2.32. The highest BCUT2D eigenvalue weighted by atomic mass is 19.1. The van der Waals surface area contributed by atoms with Crippen molar-refractivity contribution in [1.29, 1.82) is 0 Å². The molecule has 1 aromatic rings. The Morgan fingerprint density at radius 2 is 2.06 bits per heavy atom. The average molecular weight is 223 g/mol. The van der Waals surface area contributed by atoms with Gasteiger partial charge in [0.1, 0.15) is 11.6 Å². The molecule has 0 atom stereocenters. The smallest absolute Gasteiger partial charge is 0.126 e. The molecule has 2 N–H and O–H groups in total. The number of methoxy groups -OCH3 is 1. The van der Waals surface area contributed by atoms with E-state index in [1.165, 1.54) is 25.0 Å². The maximum Gasteiger partial charge on any atom is 0.126 e. The highest BCUT2D eigenvalue weighted by Gasteiger charge is 2.36. The van der Waals surface area contributed by atoms with Crippen molar-refractivity contribution >= 4 is 0 Å². The van der Waals surface area contributed by atoms with Gasteiger partial charge < -0.3 is 10.5 Å². The van der Waals surface area contributed by atoms with Crippen LogP contribution in [-0.2, 0) is 5.41 Å². The molecule has 1 aromatic carbocycles. The highest BCUT2D eigenvalue weighted by molar-refractivity contribution is 5.41. The molecule has 1 aliphatic rings. The third kappa shape index (κ3) is 1.80. The summed E-state index contributed by atoms with van der Waals surface area (Å²) in [5.41, 5.74) is 6.98. The van der Waals surface area contributed by atoms with E-state index in [-0.39, 0.29) is 11.2 Å². The lowest BCUT2D eigenvalue weighted by molar-refractivity contribution is 0.375. The minimum absolute atomic E-state index is 0.000949. The van der Waals surface area contributed by atoms with Crippen molar-refractivity contribution in [3.05, 3.63) is 29.6 Å². The fourth-order valence-corrected chi connectivity index (χ4v) is 2.74. The summed E-state index contributed by atoms with van der Waals surface area (Å²) in [7, 11) is 1.58. The molecule has 2 nitrogen and oxygen atoms in total. The standard InChI is InChI=1S/C13H18FNO/c1-16-12-8-10(14)4-5-11(12)13(9-15)6-2-3-7-13/h4-5,8H,2-3,6-7,9,15H2,1H3. The maximum absolute atomic E-state index is 13.1. The van der Waals surface area contributed by atoms with Gasteiger partial charge in [0.05, 0.1) is 7.11 Å². The van der Waals surface area contributed by atoms with Crippen molar-refractivity contribution < 1.29 is 9.13 Å². The molecule has 0 amide bonds. The molecule has 0 aromatic heterocycles. The summed E-state index contributed by atoms with van der Waals surface area (Å²) in [6, 6.07) is 4.77. The van der Waals surface area contributed by atoms with Gasteiger partial charge in [0.15, 0.2) is 0 Å². The molecule has 1 aliphatic carbocycles. The van der Waals surface area contributed by atoms with Gasteiger partial charge in [0, 0.05) is 23.6 Å². The van der Waals surface area contributed by atoms with Crippen LogP contribution in [0.1, 0.15) is 31.2 Å². The predicted molar refractivity (Wildman–Crippen MR) is 62.2 cm³/mol. The van der Waals surface area contributed by atoms with Crippen LogP contribution in [-0.4, -0.2) is 13.7 Å². The number of hydrogen-bond acceptors (Lipinski definition) is 2. The van der Waals surface area contributed by atoms with E-state index in [0.29, 0.717) is 12.3 Å². The molecule has 3 heteroatoms. The second kappa shape index (κ2) is 4.42. The van der Waals surface area contributed by atoms with E-state index < -0.39 is 0 Å². The Morgan fingerprint density at radius 1 is 1.38 bits per heavy atom. The van der Waals surface area contributed by atoms with Crippen LogP contribution in [0.4, 0.5) is 4.39 Å². The van der Waals surface area contributed by atoms with Gasteiger partial charge in [-0.3, -0.25) is 0 Å². The Morgan fingerprint density at radius 3 is 2.62 bits per heavy atom. The monoisotopic (exact) mass is 223 g/mol. The maximum atomic E-state index is 13.1. The Hall–Kier alpha value is -1.09. The molecule has 88 valence electrons. The summed E-state index contributed by atoms with van der Waals surface area (Å²) >= 11 is 0. The van der Waals surface area contributed by atoms with Crippen LogP contribution >= 0.6 is 0 Å². The van der Waals surface area contributed by atoms with Gasteiger partial charge in [-0.1, -0.05) is 18.9 Å². The second-order valence-electron chi connectivity index (χ2n) is 4.54. The second-order valence-corrected chi connectivity index (χ2v) is 4.54. The highest BCUT2D eigenvalue weighted by Crippen LogP contribution is 2.44. The minimum atomic E-state index is -0.259. The summed E-state index contributed by atoms with van der Waals surface area (Å²) in [6.45, 7) is 0.606. The molecule has 0 heterocycles. The number of hydrogen-bond donors (Lipinski definition) is 1. The van der Waals surface area contributed by atoms with Crippen molar-refractivity contribution in [2.45, 2.75) is 31.1 Å². The van der Waals surface area contributed by atoms with Crippen LogP contribution in [0.5, 0.6) is 5.75 Å². The summed E-state index contributed by atoms with van der Waals surface area (Å²) < 4.78 is 18.4. The molecule has 0 saturated heterocycles. The number of nitrogens with two attached hydrogens (primary N) is 1. The Kier molecular flexibility index (Phi) is 3.15. The van der Waals surface area contributed by atoms with Crippen LogP contribution in [0.3, 0.4) is 0 Å². The van der Waals surface area contributed by atoms with Crippen molar-refractivity contribution in [3.63, 3.8) is 0 Å². The third-order valence-electron chi connectivity index (χ3n) is 3.69. The molecule has 0 unspecified atom stereocenters. The van der Waals surface area contributed by atoms with E-state index in [9.17, 15) is 4.39 Å². The van der Waals surface area contributed by atoms with E-state index in [1.54, 1.807) is 7.11 Å². The van der Waals surface area contributed by atoms with Crippen LogP contribution < -0.4 is 10.5 Å². The molecule has 2 rings (SSSR count). The molecule has 0 aliphatic heterocycles. The van der Waals surface area contributed by atoms with Crippen LogP contribution in [0.2, 0.25) is 0 Å². The van der Waals surface area contributed by atoms with Gasteiger partial charge in [-0.15, -0.1) is 0 Å². The van der Waals surface area contributed by atoms with Crippen molar-refractivity contribution in [2.24, 2.45) is 5.73 Å². The fraction of sp³-hybridized carbons (Fsp3) is 0.538. The average Bonchev–Trinajstić information content (AvgIpc) is 2.78. The first kappa shape index (κ1) is 11.4. The molecule has 16 heavy (non-hydrogen) atoms. The molecule has 0 spiro atoms. The molecule has 0 radical (unpaired) electrons. The Bertz CT molecular complexity index is 372. The summed E-state index contributed by atoms with van der Waals surface area (Å²) in [4.78, 5) is 0. The molecule has 1 fully saturated rings. The van der Waals surface area contributed by atoms with Gasteiger partial charge >= 0.3 is 0 Å². The number of halogens is 1. The van der Waals surface area contributed by atoms with E-state index in [2.05, 4.69) is 0 Å². The third-order valence-corrected chi connectivity index (χ3v) is 3.69. The lowest BCUT2D eigenvalue weighted by atomic mass is 9.78. The van der Waals surface area contributed by atoms with Gasteiger partial charge in [-0.2, -0.15) is 0 Å². The molecule has 1 saturated carbocycles. The first-order chi connectivity index (χ1) is 7.72. The zero-order chi connectivity index (χ0) is 11.6. The largest absolute Gasteiger partial charge is 0.496 e. The predicted octanol–water partition coefficient (Wildman–Crippen LogP) is 2.60. The van der Waals surface area contributed by atoms with Gasteiger partial charge in [-0.05, 0) is 18.9 Å². The van der Waals surface area contributed by atoms with E-state index >= 15 is 0 Å². The van der Waals surface area contributed by atoms with Gasteiger partial charge in [0.2, 0.25) is 0 Å². The quantitative estimate of drug-likeness (QED) is 0.854. The zero-order valence-corrected chi connectivity index (χ0v) is 9.63. The molecular weight excluding hydrogens is 205 g/mol. The van der Waals surface area contributed by atoms with Crippen LogP contribution in [0.15, 0.2) is 18.2 Å². The number of ether oxygens (including phenoxy) is 1. The number of benzene rings is 1. The fourth-order valence-electron chi connectivity index (χ4n) is 2.74. The first-order valence-corrected chi connectivity index (χ1v) is 5.76. The Labute approximate surface area is 95.6 Å². The summed E-state index contributed by atoms with van der Waals surface area (Å²) in [5, 5.41) is 0. The van der Waals surface area contributed by atoms with E-state index in [0.717, 1.165) is 18.4 Å². The van der Waals surface area contributed by atoms with Gasteiger partial charge in [0.25, 0.3) is 0 Å². The van der Waals surface area contributed by atoms with Crippen LogP contribution in [0.25, 0.3) is 0 Å². The molecular formula is C13H18FNO. The van der Waals surface area contributed by atoms with Crippen molar-refractivity contribution in [1.82, 2.24) is 0 Å². The topological polar surface area (TPSA) is 35.2 Å². The summed E-state index contributed by atoms with van der Waals surface area (Å²) in [5.74, 6) is 0.373. The van der Waals surface area contributed by atoms with E-state index in [4.69, 9.17) is 10.5 Å². The molecule has 0 bridgehead atoms.